The molecule has 0 aliphatic heterocycles. The third-order valence-electron chi connectivity index (χ3n) is 4.20. The van der Waals surface area contributed by atoms with Gasteiger partial charge < -0.3 is 10.1 Å². The SMILES string of the molecule is Cc1ccc(COc2ccc(/C=C(\C#N)C(=O)Nc3ccccc3Cl)cc2)cc1. The predicted molar refractivity (Wildman–Crippen MR) is 116 cm³/mol. The van der Waals surface area contributed by atoms with Crippen LogP contribution in [0.3, 0.4) is 0 Å². The molecule has 0 aromatic heterocycles. The minimum absolute atomic E-state index is 0.0155. The number of aryl methyl sites for hydroxylation is 1. The quantitative estimate of drug-likeness (QED) is 0.420. The second-order valence-electron chi connectivity index (χ2n) is 6.45. The molecule has 3 aromatic rings. The van der Waals surface area contributed by atoms with Crippen molar-refractivity contribution in [2.75, 3.05) is 5.32 Å². The fraction of sp³-hybridized carbons (Fsp3) is 0.0833. The fourth-order valence-electron chi connectivity index (χ4n) is 2.58. The van der Waals surface area contributed by atoms with Crippen LogP contribution in [0.4, 0.5) is 5.69 Å². The lowest BCUT2D eigenvalue weighted by Gasteiger charge is -2.08. The number of rotatable bonds is 6. The predicted octanol–water partition coefficient (Wildman–Crippen LogP) is 5.77. The van der Waals surface area contributed by atoms with E-state index in [2.05, 4.69) is 5.32 Å². The molecule has 0 bridgehead atoms. The number of carbonyl (C=O) groups is 1. The summed E-state index contributed by atoms with van der Waals surface area (Å²) < 4.78 is 5.78. The Balaban J connectivity index is 1.65. The van der Waals surface area contributed by atoms with E-state index in [4.69, 9.17) is 16.3 Å². The average Bonchev–Trinajstić information content (AvgIpc) is 2.74. The third kappa shape index (κ3) is 5.71. The first-order valence-electron chi connectivity index (χ1n) is 9.01. The maximum Gasteiger partial charge on any atom is 0.266 e. The Morgan fingerprint density at radius 1 is 1.07 bits per heavy atom. The maximum absolute atomic E-state index is 12.4. The molecule has 0 atom stereocenters. The summed E-state index contributed by atoms with van der Waals surface area (Å²) in [4.78, 5) is 12.4. The Morgan fingerprint density at radius 2 is 1.76 bits per heavy atom. The molecule has 0 unspecified atom stereocenters. The van der Waals surface area contributed by atoms with E-state index in [1.807, 2.05) is 37.3 Å². The highest BCUT2D eigenvalue weighted by Gasteiger charge is 2.11. The van der Waals surface area contributed by atoms with Crippen LogP contribution in [-0.2, 0) is 11.4 Å². The van der Waals surface area contributed by atoms with E-state index in [0.29, 0.717) is 23.1 Å². The zero-order valence-electron chi connectivity index (χ0n) is 15.9. The number of ether oxygens (including phenoxy) is 1. The number of nitriles is 1. The Kier molecular flexibility index (Phi) is 6.67. The Morgan fingerprint density at radius 3 is 2.41 bits per heavy atom. The number of hydrogen-bond donors (Lipinski definition) is 1. The number of benzene rings is 3. The second-order valence-corrected chi connectivity index (χ2v) is 6.85. The summed E-state index contributed by atoms with van der Waals surface area (Å²) in [5, 5.41) is 12.4. The molecule has 4 nitrogen and oxygen atoms in total. The van der Waals surface area contributed by atoms with Gasteiger partial charge in [-0.3, -0.25) is 4.79 Å². The number of anilines is 1. The molecule has 5 heteroatoms. The van der Waals surface area contributed by atoms with E-state index < -0.39 is 5.91 Å². The molecule has 144 valence electrons. The van der Waals surface area contributed by atoms with Gasteiger partial charge >= 0.3 is 0 Å². The number of halogens is 1. The summed E-state index contributed by atoms with van der Waals surface area (Å²) >= 11 is 6.04. The monoisotopic (exact) mass is 402 g/mol. The van der Waals surface area contributed by atoms with Gasteiger partial charge in [0.2, 0.25) is 0 Å². The van der Waals surface area contributed by atoms with E-state index in [9.17, 15) is 10.1 Å². The lowest BCUT2D eigenvalue weighted by atomic mass is 10.1. The number of hydrogen-bond acceptors (Lipinski definition) is 3. The van der Waals surface area contributed by atoms with E-state index in [1.165, 1.54) is 11.6 Å². The Hall–Kier alpha value is -3.55. The second kappa shape index (κ2) is 9.59. The van der Waals surface area contributed by atoms with Crippen molar-refractivity contribution in [3.05, 3.63) is 100 Å². The summed E-state index contributed by atoms with van der Waals surface area (Å²) in [7, 11) is 0. The van der Waals surface area contributed by atoms with Crippen molar-refractivity contribution < 1.29 is 9.53 Å². The van der Waals surface area contributed by atoms with E-state index in [1.54, 1.807) is 48.5 Å². The number of nitrogens with zero attached hydrogens (tertiary/aromatic N) is 1. The van der Waals surface area contributed by atoms with Crippen molar-refractivity contribution in [3.8, 4) is 11.8 Å². The highest BCUT2D eigenvalue weighted by Crippen LogP contribution is 2.22. The lowest BCUT2D eigenvalue weighted by Crippen LogP contribution is -2.13. The topological polar surface area (TPSA) is 62.1 Å². The first-order valence-corrected chi connectivity index (χ1v) is 9.39. The molecular formula is C24H19ClN2O2. The first-order chi connectivity index (χ1) is 14.0. The number of carbonyl (C=O) groups excluding carboxylic acids is 1. The number of amides is 1. The summed E-state index contributed by atoms with van der Waals surface area (Å²) in [5.41, 5.74) is 3.45. The molecule has 0 spiro atoms. The van der Waals surface area contributed by atoms with Crippen LogP contribution < -0.4 is 10.1 Å². The van der Waals surface area contributed by atoms with Gasteiger partial charge in [-0.25, -0.2) is 0 Å². The van der Waals surface area contributed by atoms with Crippen LogP contribution in [0.1, 0.15) is 16.7 Å². The van der Waals surface area contributed by atoms with Crippen molar-refractivity contribution in [1.82, 2.24) is 0 Å². The van der Waals surface area contributed by atoms with Crippen molar-refractivity contribution >= 4 is 29.3 Å². The first kappa shape index (κ1) is 20.2. The zero-order chi connectivity index (χ0) is 20.6. The molecule has 29 heavy (non-hydrogen) atoms. The van der Waals surface area contributed by atoms with Gasteiger partial charge in [0.05, 0.1) is 10.7 Å². The molecule has 1 N–H and O–H groups in total. The molecule has 0 fully saturated rings. The molecule has 0 radical (unpaired) electrons. The van der Waals surface area contributed by atoms with Crippen LogP contribution in [0.25, 0.3) is 6.08 Å². The Labute approximate surface area is 175 Å². The van der Waals surface area contributed by atoms with E-state index in [-0.39, 0.29) is 5.57 Å². The summed E-state index contributed by atoms with van der Waals surface area (Å²) in [6.07, 6.45) is 1.52. The molecule has 0 saturated heterocycles. The number of nitrogens with one attached hydrogen (secondary N) is 1. The molecule has 0 saturated carbocycles. The zero-order valence-corrected chi connectivity index (χ0v) is 16.6. The minimum Gasteiger partial charge on any atom is -0.489 e. The van der Waals surface area contributed by atoms with Gasteiger partial charge in [0.25, 0.3) is 5.91 Å². The lowest BCUT2D eigenvalue weighted by molar-refractivity contribution is -0.112. The van der Waals surface area contributed by atoms with E-state index in [0.717, 1.165) is 11.1 Å². The van der Waals surface area contributed by atoms with Gasteiger partial charge in [0.15, 0.2) is 0 Å². The molecule has 0 heterocycles. The van der Waals surface area contributed by atoms with Gasteiger partial charge in [0.1, 0.15) is 24.0 Å². The standard InChI is InChI=1S/C24H19ClN2O2/c1-17-6-8-19(9-7-17)16-29-21-12-10-18(11-13-21)14-20(15-26)24(28)27-23-5-3-2-4-22(23)25/h2-14H,16H2,1H3,(H,27,28)/b20-14+. The smallest absolute Gasteiger partial charge is 0.266 e. The van der Waals surface area contributed by atoms with E-state index >= 15 is 0 Å². The summed E-state index contributed by atoms with van der Waals surface area (Å²) in [5.74, 6) is 0.196. The third-order valence-corrected chi connectivity index (χ3v) is 4.53. The molecule has 1 amide bonds. The molecule has 0 aliphatic carbocycles. The minimum atomic E-state index is -0.514. The van der Waals surface area contributed by atoms with Gasteiger partial charge in [-0.2, -0.15) is 5.26 Å². The van der Waals surface area contributed by atoms with Crippen molar-refractivity contribution in [2.24, 2.45) is 0 Å². The Bertz CT molecular complexity index is 1070. The summed E-state index contributed by atoms with van der Waals surface area (Å²) in [6.45, 7) is 2.51. The van der Waals surface area contributed by atoms with Gasteiger partial charge in [-0.15, -0.1) is 0 Å². The average molecular weight is 403 g/mol. The van der Waals surface area contributed by atoms with Gasteiger partial charge in [0, 0.05) is 0 Å². The van der Waals surface area contributed by atoms with Crippen molar-refractivity contribution in [3.63, 3.8) is 0 Å². The van der Waals surface area contributed by atoms with Crippen LogP contribution in [-0.4, -0.2) is 5.91 Å². The molecular weight excluding hydrogens is 384 g/mol. The largest absolute Gasteiger partial charge is 0.489 e. The van der Waals surface area contributed by atoms with Crippen LogP contribution in [0, 0.1) is 18.3 Å². The van der Waals surface area contributed by atoms with Crippen molar-refractivity contribution in [1.29, 1.82) is 5.26 Å². The van der Waals surface area contributed by atoms with Crippen LogP contribution in [0.15, 0.2) is 78.4 Å². The van der Waals surface area contributed by atoms with Crippen LogP contribution >= 0.6 is 11.6 Å². The van der Waals surface area contributed by atoms with Gasteiger partial charge in [-0.05, 0) is 48.4 Å². The van der Waals surface area contributed by atoms with Gasteiger partial charge in [-0.1, -0.05) is 65.7 Å². The normalized spacial score (nSPS) is 10.9. The molecule has 3 aromatic carbocycles. The molecule has 0 aliphatic rings. The highest BCUT2D eigenvalue weighted by molar-refractivity contribution is 6.34. The highest BCUT2D eigenvalue weighted by atomic mass is 35.5. The van der Waals surface area contributed by atoms with Crippen LogP contribution in [0.2, 0.25) is 5.02 Å². The van der Waals surface area contributed by atoms with Crippen LogP contribution in [0.5, 0.6) is 5.75 Å². The molecule has 3 rings (SSSR count). The maximum atomic E-state index is 12.4. The summed E-state index contributed by atoms with van der Waals surface area (Å²) in [6, 6.07) is 24.2. The van der Waals surface area contributed by atoms with Crippen molar-refractivity contribution in [2.45, 2.75) is 13.5 Å². The number of para-hydroxylation sites is 1. The fourth-order valence-corrected chi connectivity index (χ4v) is 2.76.